The van der Waals surface area contributed by atoms with Gasteiger partial charge >= 0.3 is 17.1 Å². The molecule has 1 nitrogen and oxygen atoms in total. The number of nitrogens with zero attached hydrogens (tertiary/aromatic N) is 1. The molecule has 0 saturated carbocycles. The van der Waals surface area contributed by atoms with Crippen LogP contribution in [0.3, 0.4) is 0 Å². The minimum Gasteiger partial charge on any atom is -0.358 e. The van der Waals surface area contributed by atoms with E-state index in [1.54, 1.807) is 0 Å². The summed E-state index contributed by atoms with van der Waals surface area (Å²) in [5, 5.41) is 0. The maximum Gasteiger partial charge on any atom is 2.00 e. The Balaban J connectivity index is 0. The SMILES string of the molecule is CCCCN(CCCC)C(=S)S.[Mn+2]. The average Bonchev–Trinajstić information content (AvgIpc) is 2.04. The smallest absolute Gasteiger partial charge is 0.358 e. The summed E-state index contributed by atoms with van der Waals surface area (Å²) in [6, 6.07) is 0. The number of thiocarbonyl (C=S) groups is 1. The number of thiol groups is 1. The Morgan fingerprint density at radius 2 is 1.54 bits per heavy atom. The van der Waals surface area contributed by atoms with Crippen molar-refractivity contribution in [1.82, 2.24) is 4.90 Å². The van der Waals surface area contributed by atoms with E-state index >= 15 is 0 Å². The van der Waals surface area contributed by atoms with Gasteiger partial charge in [-0.3, -0.25) is 0 Å². The van der Waals surface area contributed by atoms with Crippen molar-refractivity contribution >= 4 is 29.2 Å². The molecule has 0 amide bonds. The first-order valence-corrected chi connectivity index (χ1v) is 5.55. The van der Waals surface area contributed by atoms with Gasteiger partial charge in [-0.25, -0.2) is 0 Å². The molecule has 0 aromatic heterocycles. The topological polar surface area (TPSA) is 3.24 Å². The van der Waals surface area contributed by atoms with E-state index in [0.717, 1.165) is 17.4 Å². The van der Waals surface area contributed by atoms with E-state index in [4.69, 9.17) is 12.2 Å². The van der Waals surface area contributed by atoms with E-state index in [1.165, 1.54) is 25.7 Å². The standard InChI is InChI=1S/C9H19NS2.Mn/c1-3-5-7-10(9(11)12)8-6-4-2;/h3-8H2,1-2H3,(H,11,12);/q;+2. The van der Waals surface area contributed by atoms with Crippen LogP contribution in [0, 0.1) is 0 Å². The summed E-state index contributed by atoms with van der Waals surface area (Å²) in [5.41, 5.74) is 0. The summed E-state index contributed by atoms with van der Waals surface area (Å²) in [6.07, 6.45) is 4.87. The fourth-order valence-corrected chi connectivity index (χ4v) is 1.38. The van der Waals surface area contributed by atoms with Gasteiger partial charge in [-0.15, -0.1) is 12.6 Å². The van der Waals surface area contributed by atoms with Crippen LogP contribution >= 0.6 is 24.8 Å². The third-order valence-corrected chi connectivity index (χ3v) is 2.37. The van der Waals surface area contributed by atoms with Crippen LogP contribution < -0.4 is 0 Å². The molecule has 0 rings (SSSR count). The first kappa shape index (κ1) is 16.2. The molecule has 0 aliphatic rings. The molecule has 0 N–H and O–H groups in total. The molecular weight excluding hydrogens is 241 g/mol. The molecule has 0 bridgehead atoms. The van der Waals surface area contributed by atoms with Gasteiger partial charge in [-0.1, -0.05) is 38.9 Å². The molecule has 77 valence electrons. The quantitative estimate of drug-likeness (QED) is 0.444. The molecule has 0 aromatic rings. The molecule has 0 aliphatic carbocycles. The van der Waals surface area contributed by atoms with Crippen molar-refractivity contribution in [3.05, 3.63) is 0 Å². The summed E-state index contributed by atoms with van der Waals surface area (Å²) in [7, 11) is 0. The second-order valence-corrected chi connectivity index (χ2v) is 4.09. The molecule has 0 heterocycles. The molecule has 4 heteroatoms. The van der Waals surface area contributed by atoms with Crippen LogP contribution in [0.2, 0.25) is 0 Å². The van der Waals surface area contributed by atoms with E-state index in [1.807, 2.05) is 0 Å². The fraction of sp³-hybridized carbons (Fsp3) is 0.889. The second kappa shape index (κ2) is 10.8. The van der Waals surface area contributed by atoms with Gasteiger partial charge in [0.05, 0.1) is 0 Å². The molecule has 0 unspecified atom stereocenters. The summed E-state index contributed by atoms with van der Waals surface area (Å²) >= 11 is 9.23. The van der Waals surface area contributed by atoms with Gasteiger partial charge in [0.25, 0.3) is 0 Å². The van der Waals surface area contributed by atoms with E-state index in [0.29, 0.717) is 0 Å². The second-order valence-electron chi connectivity index (χ2n) is 2.98. The van der Waals surface area contributed by atoms with Gasteiger partial charge in [0.1, 0.15) is 4.32 Å². The Bertz CT molecular complexity index is 123. The zero-order valence-corrected chi connectivity index (χ0v) is 11.3. The molecule has 0 fully saturated rings. The first-order chi connectivity index (χ1) is 5.72. The average molecular weight is 260 g/mol. The third-order valence-electron chi connectivity index (χ3n) is 1.83. The van der Waals surface area contributed by atoms with Crippen molar-refractivity contribution in [2.24, 2.45) is 0 Å². The Morgan fingerprint density at radius 1 is 1.15 bits per heavy atom. The van der Waals surface area contributed by atoms with E-state index < -0.39 is 0 Å². The predicted octanol–water partition coefficient (Wildman–Crippen LogP) is 3.10. The van der Waals surface area contributed by atoms with Crippen molar-refractivity contribution in [2.45, 2.75) is 39.5 Å². The molecule has 1 radical (unpaired) electrons. The molecule has 0 aliphatic heterocycles. The Kier molecular flexibility index (Phi) is 13.5. The molecule has 13 heavy (non-hydrogen) atoms. The van der Waals surface area contributed by atoms with Crippen molar-refractivity contribution in [1.29, 1.82) is 0 Å². The van der Waals surface area contributed by atoms with Crippen LogP contribution in [0.4, 0.5) is 0 Å². The van der Waals surface area contributed by atoms with Gasteiger partial charge in [0, 0.05) is 13.1 Å². The van der Waals surface area contributed by atoms with Crippen LogP contribution in [-0.4, -0.2) is 22.3 Å². The van der Waals surface area contributed by atoms with Gasteiger partial charge in [-0.2, -0.15) is 0 Å². The van der Waals surface area contributed by atoms with E-state index in [2.05, 4.69) is 31.4 Å². The van der Waals surface area contributed by atoms with Gasteiger partial charge in [0.2, 0.25) is 0 Å². The van der Waals surface area contributed by atoms with Crippen molar-refractivity contribution in [3.63, 3.8) is 0 Å². The van der Waals surface area contributed by atoms with Crippen LogP contribution in [-0.2, 0) is 17.1 Å². The summed E-state index contributed by atoms with van der Waals surface area (Å²) in [6.45, 7) is 6.52. The van der Waals surface area contributed by atoms with Gasteiger partial charge < -0.3 is 4.90 Å². The van der Waals surface area contributed by atoms with Crippen LogP contribution in [0.15, 0.2) is 0 Å². The predicted molar refractivity (Wildman–Crippen MR) is 63.0 cm³/mol. The maximum absolute atomic E-state index is 5.03. The number of unbranched alkanes of at least 4 members (excludes halogenated alkanes) is 2. The number of rotatable bonds is 6. The molecule has 0 spiro atoms. The number of hydrogen-bond donors (Lipinski definition) is 1. The largest absolute Gasteiger partial charge is 2.00 e. The normalized spacial score (nSPS) is 9.15. The summed E-state index contributed by atoms with van der Waals surface area (Å²) < 4.78 is 0.747. The third kappa shape index (κ3) is 9.07. The van der Waals surface area contributed by atoms with Crippen molar-refractivity contribution < 1.29 is 17.1 Å². The maximum atomic E-state index is 5.03. The van der Waals surface area contributed by atoms with Crippen molar-refractivity contribution in [2.75, 3.05) is 13.1 Å². The van der Waals surface area contributed by atoms with Crippen LogP contribution in [0.1, 0.15) is 39.5 Å². The zero-order chi connectivity index (χ0) is 9.40. The fourth-order valence-electron chi connectivity index (χ4n) is 1.00. The zero-order valence-electron chi connectivity index (χ0n) is 8.42. The minimum absolute atomic E-state index is 0. The summed E-state index contributed by atoms with van der Waals surface area (Å²) in [5.74, 6) is 0. The molecular formula is C9H19MnNS2+2. The van der Waals surface area contributed by atoms with E-state index in [9.17, 15) is 0 Å². The minimum atomic E-state index is 0. The molecule has 0 aromatic carbocycles. The number of hydrogen-bond acceptors (Lipinski definition) is 1. The Labute approximate surface area is 104 Å². The molecule has 0 atom stereocenters. The molecule has 0 saturated heterocycles. The summed E-state index contributed by atoms with van der Waals surface area (Å²) in [4.78, 5) is 2.19. The Hall–Kier alpha value is 0.759. The van der Waals surface area contributed by atoms with Crippen LogP contribution in [0.5, 0.6) is 0 Å². The van der Waals surface area contributed by atoms with E-state index in [-0.39, 0.29) is 17.1 Å². The first-order valence-electron chi connectivity index (χ1n) is 4.70. The van der Waals surface area contributed by atoms with Crippen molar-refractivity contribution in [3.8, 4) is 0 Å². The van der Waals surface area contributed by atoms with Gasteiger partial charge in [-0.05, 0) is 12.8 Å². The van der Waals surface area contributed by atoms with Gasteiger partial charge in [0.15, 0.2) is 0 Å². The Morgan fingerprint density at radius 3 is 1.77 bits per heavy atom. The van der Waals surface area contributed by atoms with Crippen LogP contribution in [0.25, 0.3) is 0 Å². The monoisotopic (exact) mass is 260 g/mol.